The van der Waals surface area contributed by atoms with Gasteiger partial charge in [0.25, 0.3) is 0 Å². The molecule has 0 bridgehead atoms. The molecule has 0 aliphatic carbocycles. The summed E-state index contributed by atoms with van der Waals surface area (Å²) in [6, 6.07) is 1.04. The maximum atomic E-state index is 13.6. The van der Waals surface area contributed by atoms with E-state index in [1.165, 1.54) is 13.8 Å². The van der Waals surface area contributed by atoms with Crippen LogP contribution in [0, 0.1) is 11.2 Å². The first-order chi connectivity index (χ1) is 8.83. The van der Waals surface area contributed by atoms with Crippen LogP contribution in [0.3, 0.4) is 0 Å². The van der Waals surface area contributed by atoms with Gasteiger partial charge in [-0.3, -0.25) is 4.79 Å². The number of aliphatic carboxylic acids is 1. The van der Waals surface area contributed by atoms with Crippen molar-refractivity contribution in [2.45, 2.75) is 20.3 Å². The second-order valence-corrected chi connectivity index (χ2v) is 5.08. The molecule has 5 nitrogen and oxygen atoms in total. The molecule has 6 heteroatoms. The van der Waals surface area contributed by atoms with Crippen LogP contribution in [0.15, 0.2) is 6.07 Å². The Labute approximate surface area is 109 Å². The van der Waals surface area contributed by atoms with Crippen molar-refractivity contribution in [2.24, 2.45) is 5.41 Å². The van der Waals surface area contributed by atoms with E-state index in [0.29, 0.717) is 6.61 Å². The van der Waals surface area contributed by atoms with Gasteiger partial charge in [0, 0.05) is 11.6 Å². The third kappa shape index (κ3) is 2.43. The number of halogens is 1. The molecule has 1 aromatic carbocycles. The molecule has 0 radical (unpaired) electrons. The van der Waals surface area contributed by atoms with Gasteiger partial charge in [-0.05, 0) is 20.3 Å². The van der Waals surface area contributed by atoms with Crippen LogP contribution < -0.4 is 9.47 Å². The van der Waals surface area contributed by atoms with Crippen molar-refractivity contribution in [3.8, 4) is 17.2 Å². The van der Waals surface area contributed by atoms with Crippen molar-refractivity contribution in [3.63, 3.8) is 0 Å². The first kappa shape index (κ1) is 13.5. The topological polar surface area (TPSA) is 76.0 Å². The van der Waals surface area contributed by atoms with E-state index in [4.69, 9.17) is 14.6 Å². The summed E-state index contributed by atoms with van der Waals surface area (Å²) >= 11 is 0. The van der Waals surface area contributed by atoms with Crippen LogP contribution in [0.2, 0.25) is 0 Å². The Morgan fingerprint density at radius 1 is 1.42 bits per heavy atom. The summed E-state index contributed by atoms with van der Waals surface area (Å²) in [4.78, 5) is 11.1. The van der Waals surface area contributed by atoms with Gasteiger partial charge in [-0.1, -0.05) is 0 Å². The highest BCUT2D eigenvalue weighted by Crippen LogP contribution is 2.43. The average molecular weight is 270 g/mol. The zero-order valence-corrected chi connectivity index (χ0v) is 10.7. The number of phenolic OH excluding ortho intramolecular Hbond substituents is 1. The lowest BCUT2D eigenvalue weighted by Gasteiger charge is -2.25. The Balaban J connectivity index is 2.49. The SMILES string of the molecule is CC(C)(Cc1c(O)c(F)cc2c1OCCO2)C(=O)O. The van der Waals surface area contributed by atoms with Crippen LogP contribution >= 0.6 is 0 Å². The second-order valence-electron chi connectivity index (χ2n) is 5.08. The van der Waals surface area contributed by atoms with Gasteiger partial charge in [0.05, 0.1) is 5.41 Å². The predicted octanol–water partition coefficient (Wildman–Crippen LogP) is 1.96. The molecule has 0 saturated carbocycles. The largest absolute Gasteiger partial charge is 0.505 e. The van der Waals surface area contributed by atoms with Crippen LogP contribution in [0.1, 0.15) is 19.4 Å². The van der Waals surface area contributed by atoms with Gasteiger partial charge in [0.2, 0.25) is 0 Å². The summed E-state index contributed by atoms with van der Waals surface area (Å²) in [6.45, 7) is 3.56. The molecule has 0 atom stereocenters. The fourth-order valence-corrected chi connectivity index (χ4v) is 1.89. The fraction of sp³-hybridized carbons (Fsp3) is 0.462. The number of carboxylic acid groups (broad SMARTS) is 1. The molecule has 1 heterocycles. The third-order valence-corrected chi connectivity index (χ3v) is 3.05. The minimum Gasteiger partial charge on any atom is -0.505 e. The van der Waals surface area contributed by atoms with Crippen molar-refractivity contribution in [1.29, 1.82) is 0 Å². The number of phenols is 1. The summed E-state index contributed by atoms with van der Waals surface area (Å²) in [5, 5.41) is 18.9. The Morgan fingerprint density at radius 2 is 2.05 bits per heavy atom. The lowest BCUT2D eigenvalue weighted by molar-refractivity contribution is -0.146. The molecule has 1 aliphatic heterocycles. The van der Waals surface area contributed by atoms with E-state index in [9.17, 15) is 14.3 Å². The molecular weight excluding hydrogens is 255 g/mol. The van der Waals surface area contributed by atoms with Crippen LogP contribution in [0.25, 0.3) is 0 Å². The predicted molar refractivity (Wildman–Crippen MR) is 64.2 cm³/mol. The number of hydrogen-bond acceptors (Lipinski definition) is 4. The molecule has 0 aromatic heterocycles. The van der Waals surface area contributed by atoms with Gasteiger partial charge in [0.1, 0.15) is 13.2 Å². The number of hydrogen-bond donors (Lipinski definition) is 2. The molecule has 1 aliphatic rings. The standard InChI is InChI=1S/C13H15FO5/c1-13(2,12(16)17)6-7-10(15)8(14)5-9-11(7)19-4-3-18-9/h5,15H,3-4,6H2,1-2H3,(H,16,17). The number of aromatic hydroxyl groups is 1. The maximum absolute atomic E-state index is 13.6. The van der Waals surface area contributed by atoms with Crippen LogP contribution in [-0.4, -0.2) is 29.4 Å². The molecule has 2 N–H and O–H groups in total. The first-order valence-corrected chi connectivity index (χ1v) is 5.86. The number of ether oxygens (including phenoxy) is 2. The first-order valence-electron chi connectivity index (χ1n) is 5.86. The lowest BCUT2D eigenvalue weighted by Crippen LogP contribution is -2.27. The molecule has 104 valence electrons. The van der Waals surface area contributed by atoms with Crippen molar-refractivity contribution < 1.29 is 28.9 Å². The zero-order chi connectivity index (χ0) is 14.2. The number of carboxylic acids is 1. The number of carbonyl (C=O) groups is 1. The Hall–Kier alpha value is -1.98. The molecule has 0 unspecified atom stereocenters. The van der Waals surface area contributed by atoms with Crippen molar-refractivity contribution in [3.05, 3.63) is 17.4 Å². The minimum absolute atomic E-state index is 0.0579. The van der Waals surface area contributed by atoms with E-state index in [2.05, 4.69) is 0 Å². The molecule has 0 fully saturated rings. The number of fused-ring (bicyclic) bond motifs is 1. The minimum atomic E-state index is -1.15. The van der Waals surface area contributed by atoms with Crippen LogP contribution in [0.5, 0.6) is 17.2 Å². The summed E-state index contributed by atoms with van der Waals surface area (Å²) in [7, 11) is 0. The number of rotatable bonds is 3. The van der Waals surface area contributed by atoms with Gasteiger partial charge in [-0.15, -0.1) is 0 Å². The molecule has 0 saturated heterocycles. The molecule has 0 amide bonds. The average Bonchev–Trinajstić information content (AvgIpc) is 2.34. The molecule has 19 heavy (non-hydrogen) atoms. The van der Waals surface area contributed by atoms with E-state index in [1.807, 2.05) is 0 Å². The van der Waals surface area contributed by atoms with Crippen molar-refractivity contribution >= 4 is 5.97 Å². The lowest BCUT2D eigenvalue weighted by atomic mass is 9.85. The van der Waals surface area contributed by atoms with Gasteiger partial charge < -0.3 is 19.7 Å². The van der Waals surface area contributed by atoms with Crippen LogP contribution in [-0.2, 0) is 11.2 Å². The third-order valence-electron chi connectivity index (χ3n) is 3.05. The Bertz CT molecular complexity index is 524. The Morgan fingerprint density at radius 3 is 2.68 bits per heavy atom. The highest BCUT2D eigenvalue weighted by molar-refractivity contribution is 5.74. The highest BCUT2D eigenvalue weighted by Gasteiger charge is 2.33. The van der Waals surface area contributed by atoms with Gasteiger partial charge >= 0.3 is 5.97 Å². The number of benzene rings is 1. The van der Waals surface area contributed by atoms with Gasteiger partial charge in [-0.2, -0.15) is 0 Å². The maximum Gasteiger partial charge on any atom is 0.309 e. The van der Waals surface area contributed by atoms with Crippen LogP contribution in [0.4, 0.5) is 4.39 Å². The monoisotopic (exact) mass is 270 g/mol. The van der Waals surface area contributed by atoms with E-state index in [-0.39, 0.29) is 30.1 Å². The normalized spacial score (nSPS) is 14.3. The van der Waals surface area contributed by atoms with Gasteiger partial charge in [-0.25, -0.2) is 4.39 Å². The van der Waals surface area contributed by atoms with Crippen molar-refractivity contribution in [1.82, 2.24) is 0 Å². The molecule has 2 rings (SSSR count). The summed E-state index contributed by atoms with van der Waals surface area (Å²) in [5.41, 5.74) is -1.03. The van der Waals surface area contributed by atoms with Gasteiger partial charge in [0.15, 0.2) is 23.1 Å². The smallest absolute Gasteiger partial charge is 0.309 e. The molecule has 0 spiro atoms. The van der Waals surface area contributed by atoms with E-state index >= 15 is 0 Å². The molecular formula is C13H15FO5. The summed E-state index contributed by atoms with van der Waals surface area (Å²) in [5.74, 6) is -2.06. The Kier molecular flexibility index (Phi) is 3.26. The second kappa shape index (κ2) is 4.60. The van der Waals surface area contributed by atoms with E-state index in [1.54, 1.807) is 0 Å². The highest BCUT2D eigenvalue weighted by atomic mass is 19.1. The van der Waals surface area contributed by atoms with E-state index < -0.39 is 23.0 Å². The van der Waals surface area contributed by atoms with E-state index in [0.717, 1.165) is 6.07 Å². The van der Waals surface area contributed by atoms with Crippen molar-refractivity contribution in [2.75, 3.05) is 13.2 Å². The summed E-state index contributed by atoms with van der Waals surface area (Å²) < 4.78 is 24.2. The summed E-state index contributed by atoms with van der Waals surface area (Å²) in [6.07, 6.45) is -0.0579. The fourth-order valence-electron chi connectivity index (χ4n) is 1.89. The zero-order valence-electron chi connectivity index (χ0n) is 10.7. The quantitative estimate of drug-likeness (QED) is 0.878. The molecule has 1 aromatic rings.